The zero-order valence-corrected chi connectivity index (χ0v) is 19.1. The second-order valence-electron chi connectivity index (χ2n) is 7.88. The average Bonchev–Trinajstić information content (AvgIpc) is 2.66. The van der Waals surface area contributed by atoms with Gasteiger partial charge in [0.1, 0.15) is 0 Å². The SMILES string of the molecule is O=C(Cl)CCCCCCCCCCOC(=O)CC(C(F)(F)F)(C(F)(F)F)C(F)(F)C(F)(F)C(F)(F)F. The zero-order valence-electron chi connectivity index (χ0n) is 18.3. The number of unbranched alkanes of at least 4 members (excludes halogenated alkanes) is 7. The fourth-order valence-corrected chi connectivity index (χ4v) is 3.29. The number of carbonyl (C=O) groups is 2. The largest absolute Gasteiger partial charge is 0.466 e. The Hall–Kier alpha value is -1.48. The van der Waals surface area contributed by atoms with E-state index in [4.69, 9.17) is 11.6 Å². The van der Waals surface area contributed by atoms with Crippen molar-refractivity contribution in [2.45, 2.75) is 94.6 Å². The lowest BCUT2D eigenvalue weighted by Crippen LogP contribution is -2.70. The Balaban J connectivity index is 5.19. The van der Waals surface area contributed by atoms with Gasteiger partial charge in [0.05, 0.1) is 13.0 Å². The van der Waals surface area contributed by atoms with Gasteiger partial charge in [-0.3, -0.25) is 9.59 Å². The van der Waals surface area contributed by atoms with Crippen molar-refractivity contribution in [3.05, 3.63) is 0 Å². The van der Waals surface area contributed by atoms with Gasteiger partial charge < -0.3 is 4.74 Å². The monoisotopic (exact) mass is 580 g/mol. The lowest BCUT2D eigenvalue weighted by Gasteiger charge is -2.44. The molecule has 0 spiro atoms. The molecule has 0 saturated carbocycles. The molecule has 0 fully saturated rings. The third-order valence-electron chi connectivity index (χ3n) is 5.19. The van der Waals surface area contributed by atoms with Crippen molar-refractivity contribution in [2.24, 2.45) is 5.41 Å². The van der Waals surface area contributed by atoms with E-state index >= 15 is 0 Å². The van der Waals surface area contributed by atoms with Crippen LogP contribution in [-0.4, -0.2) is 48.2 Å². The number of ether oxygens (including phenoxy) is 1. The highest BCUT2D eigenvalue weighted by Gasteiger charge is 2.92. The minimum Gasteiger partial charge on any atom is -0.466 e. The van der Waals surface area contributed by atoms with Crippen LogP contribution in [0, 0.1) is 5.41 Å². The van der Waals surface area contributed by atoms with Gasteiger partial charge in [0, 0.05) is 6.42 Å². The molecule has 0 N–H and O–H groups in total. The standard InChI is InChI=1S/C19H22ClF13O3/c20-12(34)9-7-5-3-1-2-4-6-8-10-36-13(35)11-14(17(25,26)27,18(28,29)30)15(21,22)16(23,24)19(31,32)33/h1-11H2. The number of esters is 1. The fraction of sp³-hybridized carbons (Fsp3) is 0.895. The summed E-state index contributed by atoms with van der Waals surface area (Å²) in [5, 5.41) is -0.481. The number of halogens is 14. The van der Waals surface area contributed by atoms with Crippen molar-refractivity contribution < 1.29 is 71.4 Å². The summed E-state index contributed by atoms with van der Waals surface area (Å²) in [6, 6.07) is 0. The maximum absolute atomic E-state index is 13.9. The minimum atomic E-state index is -7.86. The van der Waals surface area contributed by atoms with E-state index in [1.54, 1.807) is 0 Å². The maximum atomic E-state index is 13.9. The van der Waals surface area contributed by atoms with Crippen LogP contribution in [0.2, 0.25) is 0 Å². The molecule has 36 heavy (non-hydrogen) atoms. The highest BCUT2D eigenvalue weighted by Crippen LogP contribution is 2.66. The predicted molar refractivity (Wildman–Crippen MR) is 98.5 cm³/mol. The summed E-state index contributed by atoms with van der Waals surface area (Å²) >= 11 is 5.15. The van der Waals surface area contributed by atoms with Crippen molar-refractivity contribution in [3.63, 3.8) is 0 Å². The molecule has 0 aliphatic rings. The number of alkyl halides is 13. The average molecular weight is 581 g/mol. The molecular weight excluding hydrogens is 559 g/mol. The van der Waals surface area contributed by atoms with Gasteiger partial charge >= 0.3 is 36.3 Å². The summed E-state index contributed by atoms with van der Waals surface area (Å²) in [5.74, 6) is -18.3. The van der Waals surface area contributed by atoms with Gasteiger partial charge in [-0.25, -0.2) is 0 Å². The van der Waals surface area contributed by atoms with Gasteiger partial charge in [0.2, 0.25) is 10.7 Å². The second-order valence-corrected chi connectivity index (χ2v) is 8.30. The molecule has 0 aromatic carbocycles. The Morgan fingerprint density at radius 2 is 0.944 bits per heavy atom. The first kappa shape index (κ1) is 34.5. The highest BCUT2D eigenvalue weighted by molar-refractivity contribution is 6.63. The summed E-state index contributed by atoms with van der Waals surface area (Å²) in [7, 11) is 0. The quantitative estimate of drug-likeness (QED) is 0.0850. The molecule has 0 unspecified atom stereocenters. The normalized spacial score (nSPS) is 14.2. The van der Waals surface area contributed by atoms with Gasteiger partial charge in [-0.05, 0) is 24.4 Å². The number of hydrogen-bond acceptors (Lipinski definition) is 3. The van der Waals surface area contributed by atoms with Gasteiger partial charge in [-0.2, -0.15) is 57.1 Å². The summed E-state index contributed by atoms with van der Waals surface area (Å²) in [6.45, 7) is -0.885. The van der Waals surface area contributed by atoms with Crippen molar-refractivity contribution in [1.82, 2.24) is 0 Å². The molecule has 3 nitrogen and oxygen atoms in total. The van der Waals surface area contributed by atoms with Crippen LogP contribution in [0.25, 0.3) is 0 Å². The van der Waals surface area contributed by atoms with E-state index < -0.39 is 60.0 Å². The molecule has 0 heterocycles. The van der Waals surface area contributed by atoms with Crippen LogP contribution in [0.5, 0.6) is 0 Å². The Morgan fingerprint density at radius 3 is 1.31 bits per heavy atom. The zero-order chi connectivity index (χ0) is 28.6. The molecule has 0 atom stereocenters. The molecule has 0 saturated heterocycles. The van der Waals surface area contributed by atoms with Crippen LogP contribution < -0.4 is 0 Å². The van der Waals surface area contributed by atoms with E-state index in [1.165, 1.54) is 0 Å². The van der Waals surface area contributed by atoms with Crippen molar-refractivity contribution in [1.29, 1.82) is 0 Å². The van der Waals surface area contributed by atoms with Crippen molar-refractivity contribution >= 4 is 22.8 Å². The van der Waals surface area contributed by atoms with Crippen molar-refractivity contribution in [2.75, 3.05) is 6.61 Å². The summed E-state index contributed by atoms with van der Waals surface area (Å²) < 4.78 is 174. The first-order valence-electron chi connectivity index (χ1n) is 10.4. The van der Waals surface area contributed by atoms with Gasteiger partial charge in [-0.1, -0.05) is 38.5 Å². The molecule has 0 amide bonds. The molecular formula is C19H22ClF13O3. The molecule has 0 aromatic rings. The highest BCUT2D eigenvalue weighted by atomic mass is 35.5. The second kappa shape index (κ2) is 12.9. The Labute approximate surface area is 201 Å². The maximum Gasteiger partial charge on any atom is 0.459 e. The third-order valence-corrected chi connectivity index (χ3v) is 5.38. The lowest BCUT2D eigenvalue weighted by atomic mass is 9.73. The van der Waals surface area contributed by atoms with Crippen LogP contribution in [0.4, 0.5) is 57.1 Å². The summed E-state index contributed by atoms with van der Waals surface area (Å²) in [4.78, 5) is 22.1. The van der Waals surface area contributed by atoms with Crippen LogP contribution in [0.15, 0.2) is 0 Å². The van der Waals surface area contributed by atoms with E-state index in [-0.39, 0.29) is 19.3 Å². The Bertz CT molecular complexity index is 701. The molecule has 0 aliphatic carbocycles. The minimum absolute atomic E-state index is 0.160. The molecule has 214 valence electrons. The molecule has 0 aromatic heterocycles. The molecule has 0 bridgehead atoms. The first-order valence-corrected chi connectivity index (χ1v) is 10.7. The fourth-order valence-electron chi connectivity index (χ4n) is 3.15. The van der Waals surface area contributed by atoms with Crippen molar-refractivity contribution in [3.8, 4) is 0 Å². The Kier molecular flexibility index (Phi) is 12.3. The Morgan fingerprint density at radius 1 is 0.556 bits per heavy atom. The van der Waals surface area contributed by atoms with Crippen LogP contribution in [0.1, 0.15) is 64.2 Å². The summed E-state index contributed by atoms with van der Waals surface area (Å²) in [5.41, 5.74) is -7.09. The molecule has 0 aliphatic heterocycles. The van der Waals surface area contributed by atoms with E-state index in [1.807, 2.05) is 0 Å². The van der Waals surface area contributed by atoms with Gasteiger partial charge in [-0.15, -0.1) is 0 Å². The molecule has 17 heteroatoms. The van der Waals surface area contributed by atoms with Gasteiger partial charge in [0.25, 0.3) is 0 Å². The van der Waals surface area contributed by atoms with E-state index in [0.29, 0.717) is 32.1 Å². The van der Waals surface area contributed by atoms with E-state index in [0.717, 1.165) is 6.42 Å². The molecule has 0 radical (unpaired) electrons. The summed E-state index contributed by atoms with van der Waals surface area (Å²) in [6.07, 6.45) is -22.0. The third kappa shape index (κ3) is 8.27. The van der Waals surface area contributed by atoms with E-state index in [2.05, 4.69) is 4.74 Å². The topological polar surface area (TPSA) is 43.4 Å². The number of rotatable bonds is 15. The molecule has 0 rings (SSSR count). The smallest absolute Gasteiger partial charge is 0.459 e. The number of hydrogen-bond donors (Lipinski definition) is 0. The number of carbonyl (C=O) groups excluding carboxylic acids is 2. The first-order chi connectivity index (χ1) is 16.1. The van der Waals surface area contributed by atoms with E-state index in [9.17, 15) is 66.7 Å². The lowest BCUT2D eigenvalue weighted by molar-refractivity contribution is -0.459. The van der Waals surface area contributed by atoms with Crippen LogP contribution in [0.3, 0.4) is 0 Å². The van der Waals surface area contributed by atoms with Gasteiger partial charge in [0.15, 0.2) is 0 Å². The van der Waals surface area contributed by atoms with Crippen LogP contribution in [-0.2, 0) is 14.3 Å². The van der Waals surface area contributed by atoms with Crippen LogP contribution >= 0.6 is 11.6 Å². The predicted octanol–water partition coefficient (Wildman–Crippen LogP) is 8.14.